The third-order valence-electron chi connectivity index (χ3n) is 4.65. The lowest BCUT2D eigenvalue weighted by atomic mass is 10.2. The summed E-state index contributed by atoms with van der Waals surface area (Å²) < 4.78 is 24.5. The van der Waals surface area contributed by atoms with Gasteiger partial charge < -0.3 is 5.32 Å². The molecule has 31 heavy (non-hydrogen) atoms. The molecule has 0 bridgehead atoms. The van der Waals surface area contributed by atoms with Crippen molar-refractivity contribution in [3.8, 4) is 10.6 Å². The second-order valence-corrected chi connectivity index (χ2v) is 9.43. The molecule has 9 heteroatoms. The first-order valence-corrected chi connectivity index (χ1v) is 11.9. The van der Waals surface area contributed by atoms with Gasteiger partial charge in [-0.15, -0.1) is 11.3 Å². The lowest BCUT2D eigenvalue weighted by Crippen LogP contribution is -2.23. The van der Waals surface area contributed by atoms with Gasteiger partial charge in [0.25, 0.3) is 5.91 Å². The van der Waals surface area contributed by atoms with Crippen LogP contribution in [0.15, 0.2) is 83.2 Å². The van der Waals surface area contributed by atoms with Crippen LogP contribution in [0, 0.1) is 0 Å². The fraction of sp³-hybridized carbons (Fsp3) is 0.0909. The second kappa shape index (κ2) is 8.84. The zero-order valence-corrected chi connectivity index (χ0v) is 18.1. The number of hydrogen-bond acceptors (Lipinski definition) is 5. The molecule has 0 atom stereocenters. The third kappa shape index (κ3) is 5.08. The fourth-order valence-electron chi connectivity index (χ4n) is 3.11. The van der Waals surface area contributed by atoms with E-state index < -0.39 is 10.0 Å². The first-order chi connectivity index (χ1) is 14.9. The molecule has 0 aliphatic heterocycles. The summed E-state index contributed by atoms with van der Waals surface area (Å²) in [4.78, 5) is 13.9. The Hall–Kier alpha value is -3.27. The van der Waals surface area contributed by atoms with Gasteiger partial charge in [0, 0.05) is 12.7 Å². The maximum Gasteiger partial charge on any atom is 0.255 e. The minimum Gasteiger partial charge on any atom is -0.348 e. The number of thiophene rings is 1. The Morgan fingerprint density at radius 1 is 1.00 bits per heavy atom. The van der Waals surface area contributed by atoms with Gasteiger partial charge in [-0.2, -0.15) is 5.10 Å². The number of carbonyl (C=O) groups excluding carboxylic acids is 1. The number of carbonyl (C=O) groups is 1. The van der Waals surface area contributed by atoms with E-state index in [-0.39, 0.29) is 17.3 Å². The van der Waals surface area contributed by atoms with Crippen molar-refractivity contribution in [2.24, 2.45) is 5.14 Å². The van der Waals surface area contributed by atoms with E-state index in [1.165, 1.54) is 23.5 Å². The van der Waals surface area contributed by atoms with Crippen molar-refractivity contribution in [1.29, 1.82) is 0 Å². The number of hydrogen-bond donors (Lipinski definition) is 2. The molecule has 4 rings (SSSR count). The van der Waals surface area contributed by atoms with Gasteiger partial charge in [-0.3, -0.25) is 9.48 Å². The Morgan fingerprint density at radius 2 is 1.74 bits per heavy atom. The third-order valence-corrected chi connectivity index (χ3v) is 6.46. The maximum absolute atomic E-state index is 13.0. The summed E-state index contributed by atoms with van der Waals surface area (Å²) >= 11 is 1.52. The van der Waals surface area contributed by atoms with Crippen molar-refractivity contribution in [3.63, 3.8) is 0 Å². The summed E-state index contributed by atoms with van der Waals surface area (Å²) in [5, 5.41) is 14.6. The van der Waals surface area contributed by atoms with Crippen molar-refractivity contribution in [1.82, 2.24) is 15.1 Å². The molecular weight excluding hydrogens is 432 g/mol. The molecule has 2 aromatic carbocycles. The van der Waals surface area contributed by atoms with Crippen molar-refractivity contribution >= 4 is 27.3 Å². The molecule has 0 unspecified atom stereocenters. The predicted molar refractivity (Wildman–Crippen MR) is 120 cm³/mol. The Labute approximate surface area is 184 Å². The highest BCUT2D eigenvalue weighted by molar-refractivity contribution is 7.89. The van der Waals surface area contributed by atoms with Gasteiger partial charge in [0.1, 0.15) is 5.69 Å². The van der Waals surface area contributed by atoms with Crippen LogP contribution in [0.1, 0.15) is 21.5 Å². The number of benzene rings is 2. The molecule has 3 N–H and O–H groups in total. The molecule has 2 aromatic heterocycles. The molecular formula is C22H20N4O3S2. The topological polar surface area (TPSA) is 107 Å². The molecule has 7 nitrogen and oxygen atoms in total. The number of nitrogens with zero attached hydrogens (tertiary/aromatic N) is 2. The van der Waals surface area contributed by atoms with Gasteiger partial charge in [-0.1, -0.05) is 48.5 Å². The minimum absolute atomic E-state index is 0.0322. The number of rotatable bonds is 7. The highest BCUT2D eigenvalue weighted by Crippen LogP contribution is 2.27. The van der Waals surface area contributed by atoms with Crippen molar-refractivity contribution in [3.05, 3.63) is 95.0 Å². The molecule has 0 saturated carbocycles. The zero-order valence-electron chi connectivity index (χ0n) is 16.4. The van der Waals surface area contributed by atoms with E-state index in [1.807, 2.05) is 47.8 Å². The number of sulfonamides is 1. The summed E-state index contributed by atoms with van der Waals surface area (Å²) in [7, 11) is -3.74. The average Bonchev–Trinajstić information content (AvgIpc) is 3.42. The van der Waals surface area contributed by atoms with Gasteiger partial charge in [0.05, 0.1) is 21.9 Å². The van der Waals surface area contributed by atoms with Crippen LogP contribution < -0.4 is 10.5 Å². The molecule has 2 heterocycles. The monoisotopic (exact) mass is 452 g/mol. The normalized spacial score (nSPS) is 11.4. The summed E-state index contributed by atoms with van der Waals surface area (Å²) in [5.41, 5.74) is 2.97. The van der Waals surface area contributed by atoms with Crippen molar-refractivity contribution in [2.45, 2.75) is 18.0 Å². The van der Waals surface area contributed by atoms with Gasteiger partial charge in [-0.25, -0.2) is 13.6 Å². The van der Waals surface area contributed by atoms with E-state index in [0.717, 1.165) is 16.0 Å². The summed E-state index contributed by atoms with van der Waals surface area (Å²) in [6.45, 7) is 0.805. The minimum atomic E-state index is -3.74. The SMILES string of the molecule is NS(=O)(=O)c1ccc(CNC(=O)c2cn(Cc3ccccc3)nc2-c2cccs2)cc1. The first-order valence-electron chi connectivity index (χ1n) is 9.45. The number of nitrogens with two attached hydrogens (primary N) is 1. The van der Waals surface area contributed by atoms with Crippen LogP contribution >= 0.6 is 11.3 Å². The molecule has 0 radical (unpaired) electrons. The van der Waals surface area contributed by atoms with Crippen LogP contribution in [0.25, 0.3) is 10.6 Å². The van der Waals surface area contributed by atoms with Crippen LogP contribution in [-0.2, 0) is 23.1 Å². The van der Waals surface area contributed by atoms with Crippen LogP contribution in [0.2, 0.25) is 0 Å². The summed E-state index contributed by atoms with van der Waals surface area (Å²) in [6.07, 6.45) is 1.75. The van der Waals surface area contributed by atoms with Gasteiger partial charge in [0.15, 0.2) is 0 Å². The Kier molecular flexibility index (Phi) is 5.99. The Morgan fingerprint density at radius 3 is 2.39 bits per heavy atom. The van der Waals surface area contributed by atoms with E-state index in [0.29, 0.717) is 17.8 Å². The zero-order chi connectivity index (χ0) is 21.8. The second-order valence-electron chi connectivity index (χ2n) is 6.92. The lowest BCUT2D eigenvalue weighted by molar-refractivity contribution is 0.0951. The summed E-state index contributed by atoms with van der Waals surface area (Å²) in [6, 6.07) is 19.9. The van der Waals surface area contributed by atoms with E-state index in [1.54, 1.807) is 23.0 Å². The average molecular weight is 453 g/mol. The molecule has 0 saturated heterocycles. The van der Waals surface area contributed by atoms with Crippen LogP contribution in [-0.4, -0.2) is 24.1 Å². The fourth-order valence-corrected chi connectivity index (χ4v) is 4.35. The highest BCUT2D eigenvalue weighted by atomic mass is 32.2. The van der Waals surface area contributed by atoms with Gasteiger partial charge in [0.2, 0.25) is 10.0 Å². The van der Waals surface area contributed by atoms with Crippen molar-refractivity contribution < 1.29 is 13.2 Å². The predicted octanol–water partition coefficient (Wildman–Crippen LogP) is 3.24. The highest BCUT2D eigenvalue weighted by Gasteiger charge is 2.19. The van der Waals surface area contributed by atoms with E-state index >= 15 is 0 Å². The van der Waals surface area contributed by atoms with E-state index in [9.17, 15) is 13.2 Å². The van der Waals surface area contributed by atoms with E-state index in [4.69, 9.17) is 5.14 Å². The van der Waals surface area contributed by atoms with Gasteiger partial charge in [-0.05, 0) is 34.7 Å². The smallest absolute Gasteiger partial charge is 0.255 e. The Bertz CT molecular complexity index is 1280. The number of nitrogens with one attached hydrogen (secondary N) is 1. The summed E-state index contributed by atoms with van der Waals surface area (Å²) in [5.74, 6) is -0.252. The van der Waals surface area contributed by atoms with Crippen LogP contribution in [0.5, 0.6) is 0 Å². The molecule has 0 aliphatic rings. The number of primary sulfonamides is 1. The number of aromatic nitrogens is 2. The molecule has 0 spiro atoms. The lowest BCUT2D eigenvalue weighted by Gasteiger charge is -2.06. The van der Waals surface area contributed by atoms with Crippen molar-refractivity contribution in [2.75, 3.05) is 0 Å². The molecule has 1 amide bonds. The van der Waals surface area contributed by atoms with Crippen LogP contribution in [0.4, 0.5) is 0 Å². The van der Waals surface area contributed by atoms with E-state index in [2.05, 4.69) is 10.4 Å². The first kappa shape index (κ1) is 21.0. The standard InChI is InChI=1S/C22H20N4O3S2/c23-31(28,29)18-10-8-16(9-11-18)13-24-22(27)19-15-26(14-17-5-2-1-3-6-17)25-21(19)20-7-4-12-30-20/h1-12,15H,13-14H2,(H,24,27)(H2,23,28,29). The maximum atomic E-state index is 13.0. The molecule has 0 aliphatic carbocycles. The largest absolute Gasteiger partial charge is 0.348 e. The van der Waals surface area contributed by atoms with Crippen LogP contribution in [0.3, 0.4) is 0 Å². The number of amides is 1. The quantitative estimate of drug-likeness (QED) is 0.449. The molecule has 4 aromatic rings. The van der Waals surface area contributed by atoms with Gasteiger partial charge >= 0.3 is 0 Å². The molecule has 0 fully saturated rings. The Balaban J connectivity index is 1.53. The molecule has 158 valence electrons.